The number of fused-ring (bicyclic) bond motifs is 2. The summed E-state index contributed by atoms with van der Waals surface area (Å²) in [6.07, 6.45) is 0. The van der Waals surface area contributed by atoms with Gasteiger partial charge < -0.3 is 4.42 Å². The zero-order valence-corrected chi connectivity index (χ0v) is 6.53. The highest BCUT2D eigenvalue weighted by Gasteiger charge is 2.15. The third-order valence-corrected chi connectivity index (χ3v) is 2.20. The van der Waals surface area contributed by atoms with E-state index in [1.807, 2.05) is 6.07 Å². The summed E-state index contributed by atoms with van der Waals surface area (Å²) in [6.45, 7) is 0. The number of hydrogen-bond donors (Lipinski definition) is 0. The number of hydrogen-bond acceptors (Lipinski definition) is 3. The predicted molar refractivity (Wildman–Crippen MR) is 46.4 cm³/mol. The fourth-order valence-corrected chi connectivity index (χ4v) is 1.51. The molecule has 3 rings (SSSR count). The normalized spacial score (nSPS) is 11.7. The maximum absolute atomic E-state index is 11.4. The van der Waals surface area contributed by atoms with E-state index in [0.29, 0.717) is 10.8 Å². The van der Waals surface area contributed by atoms with Gasteiger partial charge in [0.05, 0.1) is 0 Å². The van der Waals surface area contributed by atoms with Gasteiger partial charge in [0.15, 0.2) is 5.42 Å². The quantitative estimate of drug-likeness (QED) is 0.470. The molecule has 0 N–H and O–H groups in total. The Balaban J connectivity index is 2.87. The van der Waals surface area contributed by atoms with E-state index in [0.717, 1.165) is 5.39 Å². The van der Waals surface area contributed by atoms with Crippen LogP contribution in [0, 0.1) is 10.8 Å². The lowest BCUT2D eigenvalue weighted by Crippen LogP contribution is -2.22. The van der Waals surface area contributed by atoms with Crippen molar-refractivity contribution >= 4 is 10.8 Å². The lowest BCUT2D eigenvalue weighted by Gasteiger charge is -1.86. The van der Waals surface area contributed by atoms with Gasteiger partial charge in [0.25, 0.3) is 5.43 Å². The van der Waals surface area contributed by atoms with Gasteiger partial charge in [-0.15, -0.1) is 0 Å². The molecule has 62 valence electrons. The molecule has 1 aliphatic heterocycles. The average molecular weight is 172 g/mol. The zero-order chi connectivity index (χ0) is 9.00. The van der Waals surface area contributed by atoms with Crippen LogP contribution < -0.4 is 10.9 Å². The topological polar surface area (TPSA) is 47.3 Å². The van der Waals surface area contributed by atoms with Gasteiger partial charge >= 0.3 is 0 Å². The van der Waals surface area contributed by atoms with E-state index in [4.69, 9.17) is 4.42 Å². The molecule has 0 saturated heterocycles. The van der Waals surface area contributed by atoms with Crippen molar-refractivity contribution in [2.75, 3.05) is 0 Å². The first-order valence-corrected chi connectivity index (χ1v) is 3.89. The summed E-state index contributed by atoms with van der Waals surface area (Å²) in [5, 5.41) is 1.19. The smallest absolute Gasteiger partial charge is 0.272 e. The number of benzene rings is 1. The van der Waals surface area contributed by atoms with Crippen molar-refractivity contribution in [3.8, 4) is 0 Å². The van der Waals surface area contributed by atoms with E-state index in [2.05, 4.69) is 0 Å². The molecule has 2 aliphatic rings. The fourth-order valence-electron chi connectivity index (χ4n) is 1.51. The SMILES string of the molecule is O=c1c2oc=2c2ccccc2c1=O. The molecule has 1 aromatic carbocycles. The van der Waals surface area contributed by atoms with Crippen molar-refractivity contribution in [1.82, 2.24) is 0 Å². The summed E-state index contributed by atoms with van der Waals surface area (Å²) in [5.41, 5.74) is -0.190. The van der Waals surface area contributed by atoms with Crippen LogP contribution in [0.1, 0.15) is 0 Å². The Morgan fingerprint density at radius 3 is 2.31 bits per heavy atom. The Morgan fingerprint density at radius 1 is 0.846 bits per heavy atom. The first kappa shape index (κ1) is 6.60. The van der Waals surface area contributed by atoms with E-state index in [-0.39, 0.29) is 5.42 Å². The highest BCUT2D eigenvalue weighted by molar-refractivity contribution is 5.82. The van der Waals surface area contributed by atoms with Gasteiger partial charge in [-0.1, -0.05) is 24.3 Å². The van der Waals surface area contributed by atoms with Crippen LogP contribution in [-0.2, 0) is 0 Å². The number of rotatable bonds is 0. The van der Waals surface area contributed by atoms with E-state index in [9.17, 15) is 9.59 Å². The minimum atomic E-state index is -0.520. The van der Waals surface area contributed by atoms with Crippen LogP contribution in [0.4, 0.5) is 0 Å². The third kappa shape index (κ3) is 0.685. The fraction of sp³-hybridized carbons (Fsp3) is 0. The molecular formula is C10H4O3. The van der Waals surface area contributed by atoms with Crippen molar-refractivity contribution in [3.63, 3.8) is 0 Å². The van der Waals surface area contributed by atoms with Crippen LogP contribution in [0.15, 0.2) is 38.3 Å². The molecule has 0 aromatic heterocycles. The second-order valence-corrected chi connectivity index (χ2v) is 2.96. The van der Waals surface area contributed by atoms with E-state index >= 15 is 0 Å². The van der Waals surface area contributed by atoms with Gasteiger partial charge in [0.2, 0.25) is 10.8 Å². The Kier molecular flexibility index (Phi) is 0.953. The molecule has 0 amide bonds. The summed E-state index contributed by atoms with van der Waals surface area (Å²) in [5.74, 6) is 0. The summed E-state index contributed by atoms with van der Waals surface area (Å²) in [4.78, 5) is 22.6. The molecule has 0 fully saturated rings. The van der Waals surface area contributed by atoms with Gasteiger partial charge in [0, 0.05) is 10.8 Å². The second-order valence-electron chi connectivity index (χ2n) is 2.96. The van der Waals surface area contributed by atoms with Crippen LogP contribution in [0.25, 0.3) is 10.8 Å². The Morgan fingerprint density at radius 2 is 1.54 bits per heavy atom. The minimum Gasteiger partial charge on any atom is -0.444 e. The van der Waals surface area contributed by atoms with Gasteiger partial charge in [-0.3, -0.25) is 9.59 Å². The molecule has 0 spiro atoms. The summed E-state index contributed by atoms with van der Waals surface area (Å²) in [6, 6.07) is 6.97. The van der Waals surface area contributed by atoms with Crippen LogP contribution in [0.3, 0.4) is 0 Å². The van der Waals surface area contributed by atoms with E-state index in [1.165, 1.54) is 0 Å². The molecule has 3 nitrogen and oxygen atoms in total. The Bertz CT molecular complexity index is 726. The maximum Gasteiger partial charge on any atom is 0.272 e. The molecule has 0 saturated carbocycles. The van der Waals surface area contributed by atoms with Crippen molar-refractivity contribution in [2.45, 2.75) is 0 Å². The Hall–Kier alpha value is -1.90. The Labute approximate surface area is 71.6 Å². The van der Waals surface area contributed by atoms with Crippen LogP contribution in [-0.4, -0.2) is 0 Å². The van der Waals surface area contributed by atoms with Crippen molar-refractivity contribution in [3.05, 3.63) is 55.5 Å². The zero-order valence-electron chi connectivity index (χ0n) is 6.53. The lowest BCUT2D eigenvalue weighted by atomic mass is 10.1. The summed E-state index contributed by atoms with van der Waals surface area (Å²) in [7, 11) is 0. The highest BCUT2D eigenvalue weighted by Crippen LogP contribution is 2.15. The predicted octanol–water partition coefficient (Wildman–Crippen LogP) is 0.754. The molecule has 0 unspecified atom stereocenters. The second kappa shape index (κ2) is 1.88. The minimum absolute atomic E-state index is 0.226. The largest absolute Gasteiger partial charge is 0.444 e. The lowest BCUT2D eigenvalue weighted by molar-refractivity contribution is 0.642. The van der Waals surface area contributed by atoms with Crippen molar-refractivity contribution in [1.29, 1.82) is 0 Å². The van der Waals surface area contributed by atoms with Crippen LogP contribution >= 0.6 is 0 Å². The first-order chi connectivity index (χ1) is 6.29. The summed E-state index contributed by atoms with van der Waals surface area (Å²) >= 11 is 0. The maximum atomic E-state index is 11.4. The summed E-state index contributed by atoms with van der Waals surface area (Å²) < 4.78 is 4.95. The molecule has 1 aliphatic carbocycles. The van der Waals surface area contributed by atoms with Gasteiger partial charge in [-0.25, -0.2) is 0 Å². The third-order valence-electron chi connectivity index (χ3n) is 2.20. The monoisotopic (exact) mass is 172 g/mol. The van der Waals surface area contributed by atoms with Gasteiger partial charge in [-0.2, -0.15) is 0 Å². The van der Waals surface area contributed by atoms with Crippen molar-refractivity contribution < 1.29 is 4.42 Å². The molecule has 3 heteroatoms. The van der Waals surface area contributed by atoms with Crippen LogP contribution in [0.5, 0.6) is 0 Å². The highest BCUT2D eigenvalue weighted by atomic mass is 16.4. The molecule has 0 radical (unpaired) electrons. The van der Waals surface area contributed by atoms with Gasteiger partial charge in [-0.05, 0) is 0 Å². The van der Waals surface area contributed by atoms with Crippen molar-refractivity contribution in [2.24, 2.45) is 0 Å². The van der Waals surface area contributed by atoms with Gasteiger partial charge in [0.1, 0.15) is 0 Å². The van der Waals surface area contributed by atoms with E-state index < -0.39 is 10.9 Å². The molecule has 0 bridgehead atoms. The molecule has 1 aromatic rings. The first-order valence-electron chi connectivity index (χ1n) is 3.89. The molecular weight excluding hydrogens is 168 g/mol. The van der Waals surface area contributed by atoms with E-state index in [1.54, 1.807) is 18.2 Å². The standard InChI is InChI=1S/C10H4O3/c11-7-5-3-1-2-4-6(5)9-10(13-9)8(7)12/h1-4H. The van der Waals surface area contributed by atoms with Crippen LogP contribution in [0.2, 0.25) is 0 Å². The molecule has 0 atom stereocenters. The average Bonchev–Trinajstić information content (AvgIpc) is 2.94. The molecule has 1 heterocycles. The molecule has 13 heavy (non-hydrogen) atoms.